The van der Waals surface area contributed by atoms with Gasteiger partial charge in [-0.25, -0.2) is 9.37 Å². The minimum Gasteiger partial charge on any atom is -0.323 e. The molecule has 0 saturated carbocycles. The third kappa shape index (κ3) is 2.18. The number of aryl methyl sites for hydroxylation is 1. The van der Waals surface area contributed by atoms with Crippen molar-refractivity contribution in [1.82, 2.24) is 9.55 Å². The van der Waals surface area contributed by atoms with Crippen molar-refractivity contribution in [2.75, 3.05) is 5.32 Å². The van der Waals surface area contributed by atoms with Crippen LogP contribution in [-0.2, 0) is 7.05 Å². The van der Waals surface area contributed by atoms with Crippen LogP contribution in [0.3, 0.4) is 0 Å². The van der Waals surface area contributed by atoms with E-state index >= 15 is 0 Å². The summed E-state index contributed by atoms with van der Waals surface area (Å²) in [6.45, 7) is 0. The van der Waals surface area contributed by atoms with Gasteiger partial charge in [-0.15, -0.1) is 0 Å². The summed E-state index contributed by atoms with van der Waals surface area (Å²) in [7, 11) is 1.84. The van der Waals surface area contributed by atoms with Gasteiger partial charge >= 0.3 is 0 Å². The van der Waals surface area contributed by atoms with Crippen LogP contribution < -0.4 is 5.32 Å². The highest BCUT2D eigenvalue weighted by atomic mass is 79.9. The molecular weight excluding hydrogens is 261 g/mol. The van der Waals surface area contributed by atoms with Gasteiger partial charge in [0.1, 0.15) is 5.82 Å². The zero-order valence-corrected chi connectivity index (χ0v) is 9.62. The molecule has 0 amide bonds. The van der Waals surface area contributed by atoms with Crippen LogP contribution in [0.25, 0.3) is 0 Å². The summed E-state index contributed by atoms with van der Waals surface area (Å²) in [6, 6.07) is 4.72. The predicted octanol–water partition coefficient (Wildman–Crippen LogP) is 3.07. The molecule has 0 bridgehead atoms. The molecule has 1 N–H and O–H groups in total. The first-order valence-electron chi connectivity index (χ1n) is 4.36. The van der Waals surface area contributed by atoms with E-state index in [9.17, 15) is 4.39 Å². The molecule has 0 spiro atoms. The Kier molecular flexibility index (Phi) is 2.73. The maximum absolute atomic E-state index is 13.4. The molecule has 78 valence electrons. The van der Waals surface area contributed by atoms with Gasteiger partial charge in [0.25, 0.3) is 0 Å². The molecule has 2 rings (SSSR count). The van der Waals surface area contributed by atoms with Crippen molar-refractivity contribution >= 4 is 27.6 Å². The zero-order valence-electron chi connectivity index (χ0n) is 8.04. The van der Waals surface area contributed by atoms with E-state index in [4.69, 9.17) is 0 Å². The first-order chi connectivity index (χ1) is 7.16. The van der Waals surface area contributed by atoms with Gasteiger partial charge in [-0.1, -0.05) is 15.9 Å². The van der Waals surface area contributed by atoms with Crippen molar-refractivity contribution in [3.8, 4) is 0 Å². The van der Waals surface area contributed by atoms with Gasteiger partial charge in [0, 0.05) is 23.9 Å². The Morgan fingerprint density at radius 3 is 2.93 bits per heavy atom. The van der Waals surface area contributed by atoms with Crippen molar-refractivity contribution in [2.24, 2.45) is 7.05 Å². The van der Waals surface area contributed by atoms with Gasteiger partial charge in [0.15, 0.2) is 0 Å². The Hall–Kier alpha value is -1.36. The van der Waals surface area contributed by atoms with Gasteiger partial charge < -0.3 is 9.88 Å². The van der Waals surface area contributed by atoms with Crippen LogP contribution in [-0.4, -0.2) is 9.55 Å². The number of nitrogens with one attached hydrogen (secondary N) is 1. The second kappa shape index (κ2) is 4.02. The van der Waals surface area contributed by atoms with Gasteiger partial charge in [-0.05, 0) is 18.2 Å². The van der Waals surface area contributed by atoms with Gasteiger partial charge in [0.2, 0.25) is 5.95 Å². The standard InChI is InChI=1S/C10H9BrFN3/c1-15-5-4-13-10(15)14-9-6-7(11)2-3-8(9)12/h2-6H,1H3,(H,13,14). The van der Waals surface area contributed by atoms with Crippen LogP contribution in [0, 0.1) is 5.82 Å². The van der Waals surface area contributed by atoms with E-state index in [-0.39, 0.29) is 5.82 Å². The molecule has 5 heteroatoms. The van der Waals surface area contributed by atoms with E-state index in [2.05, 4.69) is 26.2 Å². The van der Waals surface area contributed by atoms with E-state index in [1.165, 1.54) is 6.07 Å². The molecule has 1 aromatic carbocycles. The number of anilines is 2. The van der Waals surface area contributed by atoms with Gasteiger partial charge in [-0.2, -0.15) is 0 Å². The third-order valence-corrected chi connectivity index (χ3v) is 2.49. The minimum absolute atomic E-state index is 0.304. The normalized spacial score (nSPS) is 10.3. The first-order valence-corrected chi connectivity index (χ1v) is 5.15. The predicted molar refractivity (Wildman–Crippen MR) is 60.6 cm³/mol. The Bertz CT molecular complexity index is 481. The molecular formula is C10H9BrFN3. The van der Waals surface area contributed by atoms with E-state index in [1.54, 1.807) is 29.1 Å². The van der Waals surface area contributed by atoms with E-state index in [1.807, 2.05) is 7.05 Å². The quantitative estimate of drug-likeness (QED) is 0.908. The summed E-state index contributed by atoms with van der Waals surface area (Å²) in [5.41, 5.74) is 0.402. The number of halogens is 2. The molecule has 0 aliphatic rings. The number of hydrogen-bond acceptors (Lipinski definition) is 2. The molecule has 0 atom stereocenters. The van der Waals surface area contributed by atoms with Crippen molar-refractivity contribution in [3.63, 3.8) is 0 Å². The van der Waals surface area contributed by atoms with Crippen molar-refractivity contribution in [1.29, 1.82) is 0 Å². The second-order valence-electron chi connectivity index (χ2n) is 3.11. The SMILES string of the molecule is Cn1ccnc1Nc1cc(Br)ccc1F. The van der Waals surface area contributed by atoms with Crippen LogP contribution in [0.15, 0.2) is 35.1 Å². The molecule has 15 heavy (non-hydrogen) atoms. The molecule has 0 unspecified atom stereocenters. The van der Waals surface area contributed by atoms with Crippen LogP contribution in [0.5, 0.6) is 0 Å². The van der Waals surface area contributed by atoms with E-state index in [0.29, 0.717) is 11.6 Å². The fourth-order valence-electron chi connectivity index (χ4n) is 1.20. The number of benzene rings is 1. The van der Waals surface area contributed by atoms with Crippen LogP contribution in [0.2, 0.25) is 0 Å². The first kappa shape index (κ1) is 10.2. The molecule has 0 fully saturated rings. The summed E-state index contributed by atoms with van der Waals surface area (Å²) >= 11 is 3.29. The lowest BCUT2D eigenvalue weighted by Gasteiger charge is -2.07. The fourth-order valence-corrected chi connectivity index (χ4v) is 1.56. The molecule has 0 radical (unpaired) electrons. The highest BCUT2D eigenvalue weighted by Gasteiger charge is 2.05. The number of nitrogens with zero attached hydrogens (tertiary/aromatic N) is 2. The lowest BCUT2D eigenvalue weighted by atomic mass is 10.3. The largest absolute Gasteiger partial charge is 0.323 e. The maximum Gasteiger partial charge on any atom is 0.207 e. The van der Waals surface area contributed by atoms with E-state index < -0.39 is 0 Å². The average molecular weight is 270 g/mol. The topological polar surface area (TPSA) is 29.9 Å². The summed E-state index contributed by atoms with van der Waals surface area (Å²) < 4.78 is 16.0. The number of imidazole rings is 1. The van der Waals surface area contributed by atoms with Crippen LogP contribution in [0.4, 0.5) is 16.0 Å². The number of rotatable bonds is 2. The van der Waals surface area contributed by atoms with Gasteiger partial charge in [-0.3, -0.25) is 0 Å². The number of aromatic nitrogens is 2. The molecule has 1 aromatic heterocycles. The highest BCUT2D eigenvalue weighted by molar-refractivity contribution is 9.10. The van der Waals surface area contributed by atoms with E-state index in [0.717, 1.165) is 4.47 Å². The molecule has 0 aliphatic heterocycles. The van der Waals surface area contributed by atoms with Gasteiger partial charge in [0.05, 0.1) is 5.69 Å². The lowest BCUT2D eigenvalue weighted by molar-refractivity contribution is 0.631. The Morgan fingerprint density at radius 1 is 1.47 bits per heavy atom. The minimum atomic E-state index is -0.304. The fraction of sp³-hybridized carbons (Fsp3) is 0.100. The third-order valence-electron chi connectivity index (χ3n) is 2.00. The second-order valence-corrected chi connectivity index (χ2v) is 4.03. The van der Waals surface area contributed by atoms with Crippen LogP contribution in [0.1, 0.15) is 0 Å². The lowest BCUT2D eigenvalue weighted by Crippen LogP contribution is -2.00. The maximum atomic E-state index is 13.4. The molecule has 1 heterocycles. The Labute approximate surface area is 95.1 Å². The van der Waals surface area contributed by atoms with Crippen molar-refractivity contribution in [3.05, 3.63) is 40.9 Å². The monoisotopic (exact) mass is 269 g/mol. The van der Waals surface area contributed by atoms with Crippen molar-refractivity contribution < 1.29 is 4.39 Å². The smallest absolute Gasteiger partial charge is 0.207 e. The summed E-state index contributed by atoms with van der Waals surface area (Å²) in [4.78, 5) is 4.05. The summed E-state index contributed by atoms with van der Waals surface area (Å²) in [5, 5.41) is 2.91. The molecule has 3 nitrogen and oxygen atoms in total. The highest BCUT2D eigenvalue weighted by Crippen LogP contribution is 2.22. The summed E-state index contributed by atoms with van der Waals surface area (Å²) in [5.74, 6) is 0.299. The number of hydrogen-bond donors (Lipinski definition) is 1. The van der Waals surface area contributed by atoms with Crippen LogP contribution >= 0.6 is 15.9 Å². The molecule has 0 aliphatic carbocycles. The zero-order chi connectivity index (χ0) is 10.8. The van der Waals surface area contributed by atoms with Crippen molar-refractivity contribution in [2.45, 2.75) is 0 Å². The average Bonchev–Trinajstić information content (AvgIpc) is 2.58. The Balaban J connectivity index is 2.32. The molecule has 2 aromatic rings. The Morgan fingerprint density at radius 2 is 2.27 bits per heavy atom. The summed E-state index contributed by atoms with van der Waals surface area (Å²) in [6.07, 6.45) is 3.44. The molecule has 0 saturated heterocycles.